The first-order valence-corrected chi connectivity index (χ1v) is 7.66. The van der Waals surface area contributed by atoms with Gasteiger partial charge in [0.05, 0.1) is 12.6 Å². The summed E-state index contributed by atoms with van der Waals surface area (Å²) in [7, 11) is 0. The van der Waals surface area contributed by atoms with Crippen molar-refractivity contribution in [3.8, 4) is 0 Å². The van der Waals surface area contributed by atoms with Crippen molar-refractivity contribution in [1.29, 1.82) is 0 Å². The minimum absolute atomic E-state index is 0.124. The van der Waals surface area contributed by atoms with Gasteiger partial charge in [-0.3, -0.25) is 9.59 Å². The van der Waals surface area contributed by atoms with E-state index in [-0.39, 0.29) is 12.5 Å². The maximum atomic E-state index is 12.4. The predicted octanol–water partition coefficient (Wildman–Crippen LogP) is 1.64. The second kappa shape index (κ2) is 8.14. The standard InChI is InChI=1S/C15H22BrN3O2/c1-10(2)7-13(17)15(21)19(9-14(18)20)8-11-3-5-12(16)6-4-11/h3-6,10,13H,7-9,17H2,1-2H3,(H2,18,20). The molecule has 0 spiro atoms. The van der Waals surface area contributed by atoms with Gasteiger partial charge in [-0.05, 0) is 30.0 Å². The fourth-order valence-electron chi connectivity index (χ4n) is 2.05. The molecule has 2 amide bonds. The molecule has 1 aromatic rings. The second-order valence-corrected chi connectivity index (χ2v) is 6.44. The minimum atomic E-state index is -0.611. The summed E-state index contributed by atoms with van der Waals surface area (Å²) in [6.45, 7) is 4.20. The smallest absolute Gasteiger partial charge is 0.240 e. The van der Waals surface area contributed by atoms with Crippen LogP contribution in [-0.4, -0.2) is 29.3 Å². The van der Waals surface area contributed by atoms with Crippen LogP contribution in [0.15, 0.2) is 28.7 Å². The second-order valence-electron chi connectivity index (χ2n) is 5.52. The van der Waals surface area contributed by atoms with E-state index in [9.17, 15) is 9.59 Å². The predicted molar refractivity (Wildman–Crippen MR) is 86.2 cm³/mol. The van der Waals surface area contributed by atoms with Gasteiger partial charge >= 0.3 is 0 Å². The first-order chi connectivity index (χ1) is 9.79. The van der Waals surface area contributed by atoms with Gasteiger partial charge in [0.25, 0.3) is 0 Å². The first-order valence-electron chi connectivity index (χ1n) is 6.86. The Morgan fingerprint density at radius 2 is 1.81 bits per heavy atom. The highest BCUT2D eigenvalue weighted by molar-refractivity contribution is 9.10. The lowest BCUT2D eigenvalue weighted by atomic mass is 10.0. The molecule has 1 unspecified atom stereocenters. The molecule has 0 radical (unpaired) electrons. The molecule has 0 aromatic heterocycles. The van der Waals surface area contributed by atoms with Crippen molar-refractivity contribution in [3.05, 3.63) is 34.3 Å². The van der Waals surface area contributed by atoms with Crippen LogP contribution in [0.4, 0.5) is 0 Å². The van der Waals surface area contributed by atoms with E-state index >= 15 is 0 Å². The van der Waals surface area contributed by atoms with Crippen LogP contribution < -0.4 is 11.5 Å². The topological polar surface area (TPSA) is 89.4 Å². The molecule has 0 aliphatic rings. The van der Waals surface area contributed by atoms with Gasteiger partial charge in [0, 0.05) is 11.0 Å². The number of primary amides is 1. The van der Waals surface area contributed by atoms with Crippen LogP contribution in [0.3, 0.4) is 0 Å². The zero-order valence-electron chi connectivity index (χ0n) is 12.4. The highest BCUT2D eigenvalue weighted by atomic mass is 79.9. The lowest BCUT2D eigenvalue weighted by Gasteiger charge is -2.25. The Kier molecular flexibility index (Phi) is 6.84. The molecule has 1 aromatic carbocycles. The molecule has 1 rings (SSSR count). The Balaban J connectivity index is 2.81. The highest BCUT2D eigenvalue weighted by Crippen LogP contribution is 2.13. The fraction of sp³-hybridized carbons (Fsp3) is 0.467. The molecule has 6 heteroatoms. The van der Waals surface area contributed by atoms with Crippen LogP contribution >= 0.6 is 15.9 Å². The number of nitrogens with zero attached hydrogens (tertiary/aromatic N) is 1. The normalized spacial score (nSPS) is 12.2. The molecule has 0 fully saturated rings. The van der Waals surface area contributed by atoms with Gasteiger partial charge in [0.15, 0.2) is 0 Å². The number of carbonyl (C=O) groups excluding carboxylic acids is 2. The maximum absolute atomic E-state index is 12.4. The van der Waals surface area contributed by atoms with E-state index in [0.717, 1.165) is 10.0 Å². The quantitative estimate of drug-likeness (QED) is 0.778. The zero-order valence-corrected chi connectivity index (χ0v) is 14.0. The van der Waals surface area contributed by atoms with Gasteiger partial charge in [-0.15, -0.1) is 0 Å². The number of amides is 2. The Labute approximate surface area is 133 Å². The summed E-state index contributed by atoms with van der Waals surface area (Å²) < 4.78 is 0.954. The number of hydrogen-bond donors (Lipinski definition) is 2. The molecular weight excluding hydrogens is 334 g/mol. The van der Waals surface area contributed by atoms with Crippen LogP contribution in [0.2, 0.25) is 0 Å². The zero-order chi connectivity index (χ0) is 16.0. The fourth-order valence-corrected chi connectivity index (χ4v) is 2.32. The van der Waals surface area contributed by atoms with Crippen molar-refractivity contribution in [1.82, 2.24) is 4.90 Å². The Morgan fingerprint density at radius 1 is 1.24 bits per heavy atom. The summed E-state index contributed by atoms with van der Waals surface area (Å²) in [5.74, 6) is -0.477. The van der Waals surface area contributed by atoms with Crippen molar-refractivity contribution >= 4 is 27.7 Å². The third-order valence-corrected chi connectivity index (χ3v) is 3.52. The number of benzene rings is 1. The number of halogens is 1. The van der Waals surface area contributed by atoms with Crippen molar-refractivity contribution in [3.63, 3.8) is 0 Å². The summed E-state index contributed by atoms with van der Waals surface area (Å²) in [5, 5.41) is 0. The molecule has 4 N–H and O–H groups in total. The molecule has 0 saturated carbocycles. The lowest BCUT2D eigenvalue weighted by molar-refractivity contribution is -0.137. The van der Waals surface area contributed by atoms with Crippen LogP contribution in [-0.2, 0) is 16.1 Å². The Bertz CT molecular complexity index is 488. The van der Waals surface area contributed by atoms with Gasteiger partial charge in [-0.2, -0.15) is 0 Å². The summed E-state index contributed by atoms with van der Waals surface area (Å²) in [6.07, 6.45) is 0.578. The van der Waals surface area contributed by atoms with Crippen LogP contribution in [0.25, 0.3) is 0 Å². The first kappa shape index (κ1) is 17.7. The molecule has 1 atom stereocenters. The average molecular weight is 356 g/mol. The molecule has 0 aliphatic heterocycles. The summed E-state index contributed by atoms with van der Waals surface area (Å²) >= 11 is 3.36. The van der Waals surface area contributed by atoms with Crippen molar-refractivity contribution < 1.29 is 9.59 Å². The average Bonchev–Trinajstić information content (AvgIpc) is 2.38. The van der Waals surface area contributed by atoms with Crippen molar-refractivity contribution in [2.75, 3.05) is 6.54 Å². The lowest BCUT2D eigenvalue weighted by Crippen LogP contribution is -2.47. The monoisotopic (exact) mass is 355 g/mol. The van der Waals surface area contributed by atoms with Crippen LogP contribution in [0.1, 0.15) is 25.8 Å². The largest absolute Gasteiger partial charge is 0.368 e. The molecule has 21 heavy (non-hydrogen) atoms. The molecule has 0 aliphatic carbocycles. The summed E-state index contributed by atoms with van der Waals surface area (Å²) in [4.78, 5) is 25.0. The molecule has 0 saturated heterocycles. The molecule has 116 valence electrons. The third-order valence-electron chi connectivity index (χ3n) is 2.99. The van der Waals surface area contributed by atoms with Gasteiger partial charge < -0.3 is 16.4 Å². The number of rotatable bonds is 7. The van der Waals surface area contributed by atoms with Gasteiger partial charge in [-0.25, -0.2) is 0 Å². The van der Waals surface area contributed by atoms with E-state index in [1.807, 2.05) is 38.1 Å². The van der Waals surface area contributed by atoms with Crippen LogP contribution in [0.5, 0.6) is 0 Å². The third kappa shape index (κ3) is 6.27. The maximum Gasteiger partial charge on any atom is 0.240 e. The van der Waals surface area contributed by atoms with E-state index in [1.54, 1.807) is 0 Å². The number of nitrogens with two attached hydrogens (primary N) is 2. The summed E-state index contributed by atoms with van der Waals surface area (Å²) in [5.41, 5.74) is 12.1. The van der Waals surface area contributed by atoms with E-state index in [4.69, 9.17) is 11.5 Å². The van der Waals surface area contributed by atoms with Gasteiger partial charge in [0.2, 0.25) is 11.8 Å². The van der Waals surface area contributed by atoms with E-state index < -0.39 is 11.9 Å². The van der Waals surface area contributed by atoms with Gasteiger partial charge in [-0.1, -0.05) is 41.9 Å². The van der Waals surface area contributed by atoms with E-state index in [1.165, 1.54) is 4.90 Å². The van der Waals surface area contributed by atoms with Crippen molar-refractivity contribution in [2.24, 2.45) is 17.4 Å². The molecule has 0 heterocycles. The van der Waals surface area contributed by atoms with Crippen LogP contribution in [0, 0.1) is 5.92 Å². The van der Waals surface area contributed by atoms with Gasteiger partial charge in [0.1, 0.15) is 0 Å². The van der Waals surface area contributed by atoms with Crippen molar-refractivity contribution in [2.45, 2.75) is 32.9 Å². The molecule has 0 bridgehead atoms. The molecule has 5 nitrogen and oxygen atoms in total. The highest BCUT2D eigenvalue weighted by Gasteiger charge is 2.23. The van der Waals surface area contributed by atoms with E-state index in [2.05, 4.69) is 15.9 Å². The Morgan fingerprint density at radius 3 is 2.29 bits per heavy atom. The SMILES string of the molecule is CC(C)CC(N)C(=O)N(CC(N)=O)Cc1ccc(Br)cc1. The Hall–Kier alpha value is -1.40. The number of hydrogen-bond acceptors (Lipinski definition) is 3. The molecular formula is C15H22BrN3O2. The summed E-state index contributed by atoms with van der Waals surface area (Å²) in [6, 6.07) is 6.94. The number of carbonyl (C=O) groups is 2. The minimum Gasteiger partial charge on any atom is -0.368 e. The van der Waals surface area contributed by atoms with E-state index in [0.29, 0.717) is 18.9 Å².